The van der Waals surface area contributed by atoms with Crippen molar-refractivity contribution < 1.29 is 67.4 Å². The second-order valence-corrected chi connectivity index (χ2v) is 33.2. The molecule has 2 aliphatic heterocycles. The van der Waals surface area contributed by atoms with E-state index in [9.17, 15) is 19.5 Å². The molecule has 26 nitrogen and oxygen atoms in total. The standard InChI is InChI=1S/C77H134N12O14/c1-47(2)40-56-71(97)88(19)65(49(5)6)68(94)81-64(52(9)90)76(102)87(18)61(44-55-36-28-22-29-37-55)74(100)86(17)62(75(101)89-38-30-23-31-39-89)45-63(91)78-50(7)69(95)85(16)60(41-48(3)4)73(99)82(13)51(8)70(96)83(14)58(42-53-32-24-20-25-33-53)67(93)80-57(46-103-77(10,11)12)72(98)84(15)59(66(92)79-56)43-54-34-26-21-27-35-54/h47-62,64-65,90H,20-46H2,1-19H3,(H,78,91)(H,79,92)(H,80,93)(H,81,94)/t50-,51+,52-,56+,57+,58+,59+,60+,61+,62+,64+,65+/m1/s1. The van der Waals surface area contributed by atoms with Crippen LogP contribution in [0.15, 0.2) is 0 Å². The van der Waals surface area contributed by atoms with Crippen LogP contribution in [0.3, 0.4) is 0 Å². The number of rotatable bonds is 15. The van der Waals surface area contributed by atoms with Gasteiger partial charge in [0.15, 0.2) is 0 Å². The van der Waals surface area contributed by atoms with E-state index in [1.807, 2.05) is 48.5 Å². The van der Waals surface area contributed by atoms with Crippen LogP contribution in [0, 0.1) is 35.5 Å². The van der Waals surface area contributed by atoms with Crippen LogP contribution in [-0.2, 0) is 62.3 Å². The number of nitrogens with one attached hydrogen (secondary N) is 4. The lowest BCUT2D eigenvalue weighted by molar-refractivity contribution is -0.154. The second-order valence-electron chi connectivity index (χ2n) is 33.2. The normalized spacial score (nSPS) is 28.8. The lowest BCUT2D eigenvalue weighted by Gasteiger charge is -2.40. The van der Waals surface area contributed by atoms with Crippen molar-refractivity contribution in [1.29, 1.82) is 0 Å². The molecule has 586 valence electrons. The van der Waals surface area contributed by atoms with Gasteiger partial charge in [-0.25, -0.2) is 0 Å². The van der Waals surface area contributed by atoms with Gasteiger partial charge in [-0.05, 0) is 128 Å². The molecule has 5 rings (SSSR count). The van der Waals surface area contributed by atoms with Gasteiger partial charge >= 0.3 is 0 Å². The van der Waals surface area contributed by atoms with Crippen LogP contribution in [0.25, 0.3) is 0 Å². The molecule has 0 unspecified atom stereocenters. The summed E-state index contributed by atoms with van der Waals surface area (Å²) in [4.78, 5) is 192. The Morgan fingerprint density at radius 2 is 0.874 bits per heavy atom. The van der Waals surface area contributed by atoms with Crippen molar-refractivity contribution in [3.8, 4) is 0 Å². The highest BCUT2D eigenvalue weighted by Crippen LogP contribution is 2.33. The molecule has 2 saturated heterocycles. The fraction of sp³-hybridized carbons (Fsp3) is 0.844. The van der Waals surface area contributed by atoms with E-state index in [0.29, 0.717) is 25.9 Å². The van der Waals surface area contributed by atoms with Gasteiger partial charge < -0.3 is 70.3 Å². The zero-order valence-corrected chi connectivity index (χ0v) is 66.3. The molecule has 3 saturated carbocycles. The lowest BCUT2D eigenvalue weighted by Crippen LogP contribution is -2.63. The molecule has 103 heavy (non-hydrogen) atoms. The highest BCUT2D eigenvalue weighted by molar-refractivity contribution is 6.00. The van der Waals surface area contributed by atoms with Crippen molar-refractivity contribution in [1.82, 2.24) is 60.5 Å². The van der Waals surface area contributed by atoms with E-state index < -0.39 is 161 Å². The summed E-state index contributed by atoms with van der Waals surface area (Å²) in [5.41, 5.74) is -0.816. The molecule has 5 N–H and O–H groups in total. The average molecular weight is 1450 g/mol. The Balaban J connectivity index is 1.69. The van der Waals surface area contributed by atoms with E-state index in [-0.39, 0.29) is 68.3 Å². The third-order valence-corrected chi connectivity index (χ3v) is 22.5. The first-order valence-corrected chi connectivity index (χ1v) is 39.0. The minimum atomic E-state index is -1.67. The van der Waals surface area contributed by atoms with Gasteiger partial charge in [-0.3, -0.25) is 57.5 Å². The van der Waals surface area contributed by atoms with Crippen molar-refractivity contribution in [2.45, 2.75) is 315 Å². The fourth-order valence-corrected chi connectivity index (χ4v) is 16.0. The third-order valence-electron chi connectivity index (χ3n) is 22.5. The van der Waals surface area contributed by atoms with E-state index in [2.05, 4.69) is 21.3 Å². The number of hydrogen-bond donors (Lipinski definition) is 5. The summed E-state index contributed by atoms with van der Waals surface area (Å²) in [6.07, 6.45) is 14.1. The zero-order valence-electron chi connectivity index (χ0n) is 66.3. The van der Waals surface area contributed by atoms with Crippen molar-refractivity contribution in [3.05, 3.63) is 0 Å². The summed E-state index contributed by atoms with van der Waals surface area (Å²) in [5, 5.41) is 23.1. The van der Waals surface area contributed by atoms with Crippen molar-refractivity contribution in [3.63, 3.8) is 0 Å². The Kier molecular flexibility index (Phi) is 34.1. The van der Waals surface area contributed by atoms with Crippen LogP contribution in [0.1, 0.15) is 237 Å². The van der Waals surface area contributed by atoms with E-state index in [4.69, 9.17) is 4.74 Å². The maximum absolute atomic E-state index is 15.6. The smallest absolute Gasteiger partial charge is 0.248 e. The first-order chi connectivity index (χ1) is 48.3. The molecule has 0 bridgehead atoms. The third kappa shape index (κ3) is 24.8. The highest BCUT2D eigenvalue weighted by atomic mass is 16.5. The Labute approximate surface area is 616 Å². The number of aliphatic hydroxyl groups excluding tert-OH is 1. The van der Waals surface area contributed by atoms with Gasteiger partial charge in [0, 0.05) is 62.4 Å². The summed E-state index contributed by atoms with van der Waals surface area (Å²) in [6.45, 7) is 21.2. The predicted octanol–water partition coefficient (Wildman–Crippen LogP) is 6.03. The number of ether oxygens (including phenoxy) is 1. The van der Waals surface area contributed by atoms with Gasteiger partial charge in [0.1, 0.15) is 66.5 Å². The molecule has 0 spiro atoms. The number of amides is 12. The van der Waals surface area contributed by atoms with E-state index in [0.717, 1.165) is 103 Å². The Bertz CT molecular complexity index is 2860. The molecule has 26 heteroatoms. The van der Waals surface area contributed by atoms with Gasteiger partial charge in [0.25, 0.3) is 0 Å². The minimum absolute atomic E-state index is 0.00968. The van der Waals surface area contributed by atoms with Crippen LogP contribution < -0.4 is 21.3 Å². The van der Waals surface area contributed by atoms with Crippen molar-refractivity contribution in [2.75, 3.05) is 69.0 Å². The first kappa shape index (κ1) is 87.2. The maximum Gasteiger partial charge on any atom is 0.248 e. The predicted molar refractivity (Wildman–Crippen MR) is 395 cm³/mol. The summed E-state index contributed by atoms with van der Waals surface area (Å²) >= 11 is 0. The van der Waals surface area contributed by atoms with E-state index >= 15 is 43.2 Å². The van der Waals surface area contributed by atoms with Gasteiger partial charge in [-0.1, -0.05) is 138 Å². The number of carbonyl (C=O) groups excluding carboxylic acids is 12. The molecule has 0 aromatic rings. The number of hydrogen-bond acceptors (Lipinski definition) is 14. The summed E-state index contributed by atoms with van der Waals surface area (Å²) in [6, 6.07) is -14.3. The summed E-state index contributed by atoms with van der Waals surface area (Å²) < 4.78 is 6.31. The van der Waals surface area contributed by atoms with Gasteiger partial charge in [-0.2, -0.15) is 0 Å². The Morgan fingerprint density at radius 1 is 0.456 bits per heavy atom. The summed E-state index contributed by atoms with van der Waals surface area (Å²) in [7, 11) is 10.2. The van der Waals surface area contributed by atoms with E-state index in [1.54, 1.807) is 25.7 Å². The van der Waals surface area contributed by atoms with Gasteiger partial charge in [0.05, 0.1) is 24.7 Å². The fourth-order valence-electron chi connectivity index (χ4n) is 16.0. The van der Waals surface area contributed by atoms with Crippen LogP contribution in [0.5, 0.6) is 0 Å². The molecule has 0 aromatic heterocycles. The molecule has 0 aromatic carbocycles. The Hall–Kier alpha value is -6.44. The Morgan fingerprint density at radius 3 is 1.33 bits per heavy atom. The second kappa shape index (κ2) is 40.3. The average Bonchev–Trinajstić information content (AvgIpc) is 0.813. The number of likely N-dealkylation sites (N-methyl/N-ethyl adjacent to an activating group) is 7. The van der Waals surface area contributed by atoms with Crippen molar-refractivity contribution >= 4 is 70.9 Å². The monoisotopic (exact) mass is 1450 g/mol. The number of aliphatic hydroxyl groups is 1. The molecule has 0 radical (unpaired) electrons. The van der Waals surface area contributed by atoms with E-state index in [1.165, 1.54) is 97.5 Å². The molecule has 5 fully saturated rings. The molecular formula is C77H134N12O14. The molecule has 3 aliphatic carbocycles. The van der Waals surface area contributed by atoms with Crippen LogP contribution in [0.4, 0.5) is 0 Å². The summed E-state index contributed by atoms with van der Waals surface area (Å²) in [5.74, 6) is -8.96. The molecule has 2 heterocycles. The number of likely N-dealkylation sites (tertiary alicyclic amines) is 1. The number of carbonyl (C=O) groups is 12. The first-order valence-electron chi connectivity index (χ1n) is 39.0. The van der Waals surface area contributed by atoms with Crippen molar-refractivity contribution in [2.24, 2.45) is 35.5 Å². The van der Waals surface area contributed by atoms with Gasteiger partial charge in [0.2, 0.25) is 70.9 Å². The minimum Gasteiger partial charge on any atom is -0.391 e. The van der Waals surface area contributed by atoms with Crippen LogP contribution in [0.2, 0.25) is 0 Å². The SMILES string of the molecule is CC(C)C[C@@H]1NC(=O)[C@H](CC2CCCCC2)N(C)C(=O)[C@H](COC(C)(C)C)NC(=O)[C@H](CC2CCCCC2)N(C)C(=O)[C@H](C)N(C)C(=O)[C@H](CC(C)C)N(C)C(=O)[C@@H](C)NC(=O)C[C@@H](C(=O)N2CCCCC2)N(C)C(=O)[C@H](CC2CCCCC2)N(C)C(=O)[C@H]([C@@H](C)O)NC(=O)[C@H](C(C)C)N(C)C1=O. The molecular weight excluding hydrogens is 1320 g/mol. The number of piperidine rings is 1. The van der Waals surface area contributed by atoms with Crippen LogP contribution >= 0.6 is 0 Å². The molecule has 12 amide bonds. The lowest BCUT2D eigenvalue weighted by atomic mass is 9.84. The quantitative estimate of drug-likeness (QED) is 0.125. The topological polar surface area (TPSA) is 308 Å². The largest absolute Gasteiger partial charge is 0.391 e. The zero-order chi connectivity index (χ0) is 77.1. The van der Waals surface area contributed by atoms with Gasteiger partial charge in [-0.15, -0.1) is 0 Å². The van der Waals surface area contributed by atoms with Crippen LogP contribution in [-0.4, -0.2) is 262 Å². The molecule has 5 aliphatic rings. The molecule has 12 atom stereocenters. The number of nitrogens with zero attached hydrogens (tertiary/aromatic N) is 8. The maximum atomic E-state index is 15.6. The highest BCUT2D eigenvalue weighted by Gasteiger charge is 2.46.